The van der Waals surface area contributed by atoms with Crippen molar-refractivity contribution in [3.05, 3.63) is 5.57 Å². The van der Waals surface area contributed by atoms with Gasteiger partial charge in [0, 0.05) is 19.8 Å². The second kappa shape index (κ2) is 13.0. The van der Waals surface area contributed by atoms with Gasteiger partial charge in [0.05, 0.1) is 6.61 Å². The molecule has 1 unspecified atom stereocenters. The van der Waals surface area contributed by atoms with Crippen molar-refractivity contribution in [2.24, 2.45) is 0 Å². The van der Waals surface area contributed by atoms with Gasteiger partial charge in [0.25, 0.3) is 0 Å². The van der Waals surface area contributed by atoms with E-state index in [1.165, 1.54) is 0 Å². The minimum absolute atomic E-state index is 0.0888. The van der Waals surface area contributed by atoms with Gasteiger partial charge in [-0.3, -0.25) is 0 Å². The van der Waals surface area contributed by atoms with Gasteiger partial charge in [-0.25, -0.2) is 4.79 Å². The van der Waals surface area contributed by atoms with Crippen molar-refractivity contribution in [3.63, 3.8) is 0 Å². The fraction of sp³-hybridized carbons (Fsp3) is 0.857. The van der Waals surface area contributed by atoms with Crippen molar-refractivity contribution in [2.45, 2.75) is 90.1 Å². The summed E-state index contributed by atoms with van der Waals surface area (Å²) in [6.45, 7) is 10.2. The molecule has 0 N–H and O–H groups in total. The lowest BCUT2D eigenvalue weighted by molar-refractivity contribution is -0.131. The van der Waals surface area contributed by atoms with Crippen LogP contribution in [0.1, 0.15) is 66.2 Å². The number of nitrogens with zero attached hydrogens (tertiary/aromatic N) is 1. The molecule has 0 amide bonds. The zero-order chi connectivity index (χ0) is 20.1. The zero-order valence-electron chi connectivity index (χ0n) is 17.3. The van der Waals surface area contributed by atoms with E-state index >= 15 is 0 Å². The van der Waals surface area contributed by atoms with E-state index in [9.17, 15) is 10.1 Å². The summed E-state index contributed by atoms with van der Waals surface area (Å²) in [7, 11) is 0. The number of unbranched alkanes of at least 4 members (excludes halogenated alkanes) is 3. The normalized spacial score (nSPS) is 27.3. The first-order valence-electron chi connectivity index (χ1n) is 10.2. The van der Waals surface area contributed by atoms with Crippen LogP contribution in [0.15, 0.2) is 5.57 Å². The quantitative estimate of drug-likeness (QED) is 0.260. The van der Waals surface area contributed by atoms with Gasteiger partial charge >= 0.3 is 0 Å². The van der Waals surface area contributed by atoms with Crippen LogP contribution in [0.25, 0.3) is 0 Å². The van der Waals surface area contributed by atoms with Crippen LogP contribution in [-0.4, -0.2) is 56.3 Å². The third-order valence-electron chi connectivity index (χ3n) is 4.86. The molecule has 27 heavy (non-hydrogen) atoms. The fourth-order valence-corrected chi connectivity index (χ4v) is 3.18. The van der Waals surface area contributed by atoms with Crippen molar-refractivity contribution in [1.82, 2.24) is 0 Å². The number of nitriles is 1. The van der Waals surface area contributed by atoms with Crippen LogP contribution in [0.2, 0.25) is 0 Å². The number of hydrogen-bond acceptors (Lipinski definition) is 6. The fourth-order valence-electron chi connectivity index (χ4n) is 3.18. The van der Waals surface area contributed by atoms with Crippen molar-refractivity contribution >= 4 is 5.94 Å². The minimum atomic E-state index is -0.926. The van der Waals surface area contributed by atoms with Crippen LogP contribution in [0, 0.1) is 11.3 Å². The van der Waals surface area contributed by atoms with E-state index in [2.05, 4.69) is 20.8 Å². The Kier molecular flexibility index (Phi) is 11.5. The lowest BCUT2D eigenvalue weighted by Crippen LogP contribution is -2.50. The van der Waals surface area contributed by atoms with Crippen molar-refractivity contribution < 1.29 is 23.7 Å². The second-order valence-corrected chi connectivity index (χ2v) is 7.14. The van der Waals surface area contributed by atoms with Crippen LogP contribution in [0.5, 0.6) is 0 Å². The third kappa shape index (κ3) is 6.71. The van der Waals surface area contributed by atoms with E-state index in [0.717, 1.165) is 38.5 Å². The molecule has 0 aliphatic carbocycles. The van der Waals surface area contributed by atoms with Crippen LogP contribution >= 0.6 is 0 Å². The molecule has 1 rings (SSSR count). The molecule has 1 aliphatic heterocycles. The Hall–Kier alpha value is -1.22. The molecule has 154 valence electrons. The second-order valence-electron chi connectivity index (χ2n) is 7.14. The number of rotatable bonds is 14. The Morgan fingerprint density at radius 3 is 2.30 bits per heavy atom. The van der Waals surface area contributed by atoms with E-state index < -0.39 is 23.9 Å². The molecule has 0 aromatic heterocycles. The summed E-state index contributed by atoms with van der Waals surface area (Å²) < 4.78 is 24.2. The summed E-state index contributed by atoms with van der Waals surface area (Å²) in [5.41, 5.74) is -1.02. The molecular weight excluding hydrogens is 346 g/mol. The molecule has 6 nitrogen and oxygen atoms in total. The van der Waals surface area contributed by atoms with Gasteiger partial charge in [-0.2, -0.15) is 5.26 Å². The first kappa shape index (κ1) is 23.8. The monoisotopic (exact) mass is 381 g/mol. The molecule has 0 spiro atoms. The highest BCUT2D eigenvalue weighted by molar-refractivity contribution is 5.61. The molecule has 0 aromatic rings. The van der Waals surface area contributed by atoms with Crippen molar-refractivity contribution in [3.8, 4) is 6.07 Å². The van der Waals surface area contributed by atoms with E-state index in [-0.39, 0.29) is 5.57 Å². The van der Waals surface area contributed by atoms with Gasteiger partial charge in [-0.05, 0) is 26.2 Å². The van der Waals surface area contributed by atoms with E-state index in [0.29, 0.717) is 26.4 Å². The molecule has 1 fully saturated rings. The Bertz CT molecular complexity index is 511. The van der Waals surface area contributed by atoms with Crippen molar-refractivity contribution in [2.75, 3.05) is 26.4 Å². The largest absolute Gasteiger partial charge is 0.379 e. The SMILES string of the molecule is CCCCOC[C@H]1OC(C(=C=O)C#N)[C@](C)(OCCCC)[C@@H]1OCCCC. The third-order valence-corrected chi connectivity index (χ3v) is 4.86. The van der Waals surface area contributed by atoms with Gasteiger partial charge in [0.15, 0.2) is 0 Å². The molecule has 0 saturated carbocycles. The Labute approximate surface area is 163 Å². The molecule has 4 atom stereocenters. The maximum absolute atomic E-state index is 11.3. The first-order chi connectivity index (χ1) is 13.1. The van der Waals surface area contributed by atoms with Gasteiger partial charge < -0.3 is 18.9 Å². The van der Waals surface area contributed by atoms with E-state index in [4.69, 9.17) is 18.9 Å². The Morgan fingerprint density at radius 2 is 1.70 bits per heavy atom. The number of carbonyl (C=O) groups excluding carboxylic acids is 1. The lowest BCUT2D eigenvalue weighted by atomic mass is 9.88. The van der Waals surface area contributed by atoms with Crippen LogP contribution in [0.4, 0.5) is 0 Å². The van der Waals surface area contributed by atoms with Crippen molar-refractivity contribution in [1.29, 1.82) is 5.26 Å². The van der Waals surface area contributed by atoms with Gasteiger partial charge in [-0.15, -0.1) is 0 Å². The summed E-state index contributed by atoms with van der Waals surface area (Å²) in [6.07, 6.45) is 4.22. The minimum Gasteiger partial charge on any atom is -0.379 e. The van der Waals surface area contributed by atoms with Gasteiger partial charge in [0.1, 0.15) is 41.5 Å². The molecule has 0 radical (unpaired) electrons. The van der Waals surface area contributed by atoms with Gasteiger partial charge in [-0.1, -0.05) is 40.0 Å². The van der Waals surface area contributed by atoms with E-state index in [1.807, 2.05) is 13.0 Å². The standard InChI is InChI=1S/C21H35NO5/c1-5-8-11-24-16-18-20(25-12-9-6-2)21(4,26-13-10-7-3)19(27-18)17(14-22)15-23/h18-20H,5-13,16H2,1-4H3/t18-,19?,20-,21+/m1/s1. The maximum atomic E-state index is 11.3. The zero-order valence-corrected chi connectivity index (χ0v) is 17.3. The summed E-state index contributed by atoms with van der Waals surface area (Å²) >= 11 is 0. The average Bonchev–Trinajstić information content (AvgIpc) is 2.93. The molecular formula is C21H35NO5. The summed E-state index contributed by atoms with van der Waals surface area (Å²) in [5.74, 6) is 1.73. The van der Waals surface area contributed by atoms with Crippen LogP contribution < -0.4 is 0 Å². The summed E-state index contributed by atoms with van der Waals surface area (Å²) in [4.78, 5) is 11.3. The summed E-state index contributed by atoms with van der Waals surface area (Å²) in [6, 6.07) is 1.92. The molecule has 1 aliphatic rings. The first-order valence-corrected chi connectivity index (χ1v) is 10.2. The highest BCUT2D eigenvalue weighted by Gasteiger charge is 2.57. The highest BCUT2D eigenvalue weighted by atomic mass is 16.6. The maximum Gasteiger partial charge on any atom is 0.145 e. The predicted molar refractivity (Wildman–Crippen MR) is 103 cm³/mol. The molecule has 6 heteroatoms. The molecule has 1 heterocycles. The predicted octanol–water partition coefficient (Wildman–Crippen LogP) is 3.61. The average molecular weight is 382 g/mol. The Balaban J connectivity index is 3.03. The smallest absolute Gasteiger partial charge is 0.145 e. The molecule has 0 aromatic carbocycles. The summed E-state index contributed by atoms with van der Waals surface area (Å²) in [5, 5.41) is 9.37. The number of hydrogen-bond donors (Lipinski definition) is 0. The lowest BCUT2D eigenvalue weighted by Gasteiger charge is -2.34. The molecule has 0 bridgehead atoms. The Morgan fingerprint density at radius 1 is 1.07 bits per heavy atom. The van der Waals surface area contributed by atoms with E-state index in [1.54, 1.807) is 5.94 Å². The number of ether oxygens (including phenoxy) is 4. The topological polar surface area (TPSA) is 77.8 Å². The van der Waals surface area contributed by atoms with Gasteiger partial charge in [0.2, 0.25) is 0 Å². The van der Waals surface area contributed by atoms with Crippen LogP contribution in [-0.2, 0) is 23.7 Å². The van der Waals surface area contributed by atoms with Crippen LogP contribution in [0.3, 0.4) is 0 Å². The highest BCUT2D eigenvalue weighted by Crippen LogP contribution is 2.39. The molecule has 1 saturated heterocycles.